The summed E-state index contributed by atoms with van der Waals surface area (Å²) in [5.41, 5.74) is -0.372. The van der Waals surface area contributed by atoms with Gasteiger partial charge in [0.05, 0.1) is 19.3 Å². The molecule has 2 N–H and O–H groups in total. The molecule has 0 bridgehead atoms. The molecule has 0 fully saturated rings. The maximum atomic E-state index is 9.38. The lowest BCUT2D eigenvalue weighted by atomic mass is 9.79. The number of aliphatic hydroxyl groups is 2. The lowest BCUT2D eigenvalue weighted by Gasteiger charge is -2.31. The zero-order chi connectivity index (χ0) is 11.9. The number of aliphatic hydroxyl groups excluding tert-OH is 2. The van der Waals surface area contributed by atoms with E-state index in [2.05, 4.69) is 13.8 Å². The molecule has 0 amide bonds. The van der Waals surface area contributed by atoms with E-state index in [-0.39, 0.29) is 24.7 Å². The minimum absolute atomic E-state index is 0.0309. The highest BCUT2D eigenvalue weighted by Crippen LogP contribution is 2.29. The van der Waals surface area contributed by atoms with E-state index in [1.807, 2.05) is 13.8 Å². The molecule has 0 aliphatic heterocycles. The summed E-state index contributed by atoms with van der Waals surface area (Å²) >= 11 is 0. The highest BCUT2D eigenvalue weighted by molar-refractivity contribution is 4.79. The molecule has 0 aliphatic carbocycles. The standard InChI is InChI=1S/C12H26O3/c1-10(2)7-12(8-13,9-14)5-6-15-11(3)4/h10-11,13-14H,5-9H2,1-4H3. The average molecular weight is 218 g/mol. The fourth-order valence-electron chi connectivity index (χ4n) is 1.82. The second-order valence-electron chi connectivity index (χ2n) is 5.08. The van der Waals surface area contributed by atoms with Crippen molar-refractivity contribution < 1.29 is 14.9 Å². The van der Waals surface area contributed by atoms with Crippen molar-refractivity contribution in [2.24, 2.45) is 11.3 Å². The summed E-state index contributed by atoms with van der Waals surface area (Å²) in [4.78, 5) is 0. The van der Waals surface area contributed by atoms with Crippen LogP contribution < -0.4 is 0 Å². The van der Waals surface area contributed by atoms with Crippen LogP contribution in [0.3, 0.4) is 0 Å². The van der Waals surface area contributed by atoms with Crippen molar-refractivity contribution in [1.82, 2.24) is 0 Å². The molecular weight excluding hydrogens is 192 g/mol. The van der Waals surface area contributed by atoms with Crippen LogP contribution in [0.1, 0.15) is 40.5 Å². The van der Waals surface area contributed by atoms with Crippen molar-refractivity contribution in [3.63, 3.8) is 0 Å². The van der Waals surface area contributed by atoms with E-state index in [0.717, 1.165) is 12.8 Å². The SMILES string of the molecule is CC(C)CC(CO)(CO)CCOC(C)C. The van der Waals surface area contributed by atoms with Crippen molar-refractivity contribution in [3.8, 4) is 0 Å². The molecule has 0 saturated heterocycles. The van der Waals surface area contributed by atoms with Gasteiger partial charge < -0.3 is 14.9 Å². The molecule has 0 saturated carbocycles. The van der Waals surface area contributed by atoms with Crippen LogP contribution in [0.25, 0.3) is 0 Å². The molecule has 0 aromatic heterocycles. The van der Waals surface area contributed by atoms with Gasteiger partial charge in [0.2, 0.25) is 0 Å². The Morgan fingerprint density at radius 1 is 1.07 bits per heavy atom. The second kappa shape index (κ2) is 7.20. The molecule has 15 heavy (non-hydrogen) atoms. The predicted molar refractivity (Wildman–Crippen MR) is 61.8 cm³/mol. The first kappa shape index (κ1) is 14.9. The quantitative estimate of drug-likeness (QED) is 0.653. The largest absolute Gasteiger partial charge is 0.396 e. The van der Waals surface area contributed by atoms with Gasteiger partial charge >= 0.3 is 0 Å². The van der Waals surface area contributed by atoms with Gasteiger partial charge in [-0.3, -0.25) is 0 Å². The first-order valence-corrected chi connectivity index (χ1v) is 5.79. The maximum absolute atomic E-state index is 9.38. The Balaban J connectivity index is 4.11. The number of hydrogen-bond acceptors (Lipinski definition) is 3. The molecule has 0 aromatic carbocycles. The van der Waals surface area contributed by atoms with Crippen LogP contribution in [-0.4, -0.2) is 36.1 Å². The van der Waals surface area contributed by atoms with E-state index < -0.39 is 0 Å². The maximum Gasteiger partial charge on any atom is 0.0518 e. The molecule has 0 spiro atoms. The zero-order valence-electron chi connectivity index (χ0n) is 10.5. The van der Waals surface area contributed by atoms with Crippen LogP contribution in [0.2, 0.25) is 0 Å². The van der Waals surface area contributed by atoms with Gasteiger partial charge in [-0.2, -0.15) is 0 Å². The minimum atomic E-state index is -0.372. The molecular formula is C12H26O3. The van der Waals surface area contributed by atoms with Gasteiger partial charge in [0.25, 0.3) is 0 Å². The van der Waals surface area contributed by atoms with Crippen molar-refractivity contribution in [3.05, 3.63) is 0 Å². The van der Waals surface area contributed by atoms with Crippen LogP contribution >= 0.6 is 0 Å². The monoisotopic (exact) mass is 218 g/mol. The van der Waals surface area contributed by atoms with Crippen LogP contribution in [0.5, 0.6) is 0 Å². The third-order valence-electron chi connectivity index (χ3n) is 2.60. The zero-order valence-corrected chi connectivity index (χ0v) is 10.5. The summed E-state index contributed by atoms with van der Waals surface area (Å²) in [6.45, 7) is 8.84. The Morgan fingerprint density at radius 2 is 1.60 bits per heavy atom. The minimum Gasteiger partial charge on any atom is -0.396 e. The lowest BCUT2D eigenvalue weighted by Crippen LogP contribution is -2.33. The number of hydrogen-bond donors (Lipinski definition) is 2. The van der Waals surface area contributed by atoms with Crippen molar-refractivity contribution in [1.29, 1.82) is 0 Å². The average Bonchev–Trinajstić information content (AvgIpc) is 2.15. The lowest BCUT2D eigenvalue weighted by molar-refractivity contribution is -0.00988. The molecule has 3 heteroatoms. The summed E-state index contributed by atoms with van der Waals surface area (Å²) in [5.74, 6) is 0.475. The summed E-state index contributed by atoms with van der Waals surface area (Å²) in [6, 6.07) is 0. The van der Waals surface area contributed by atoms with E-state index in [1.165, 1.54) is 0 Å². The van der Waals surface area contributed by atoms with E-state index in [9.17, 15) is 10.2 Å². The Bertz CT molecular complexity index is 151. The smallest absolute Gasteiger partial charge is 0.0518 e. The fraction of sp³-hybridized carbons (Fsp3) is 1.00. The summed E-state index contributed by atoms with van der Waals surface area (Å²) in [5, 5.41) is 18.8. The molecule has 0 atom stereocenters. The van der Waals surface area contributed by atoms with Gasteiger partial charge in [0.1, 0.15) is 0 Å². The molecule has 3 nitrogen and oxygen atoms in total. The van der Waals surface area contributed by atoms with Crippen LogP contribution in [-0.2, 0) is 4.74 Å². The number of rotatable bonds is 8. The molecule has 0 aromatic rings. The topological polar surface area (TPSA) is 49.7 Å². The Hall–Kier alpha value is -0.120. The van der Waals surface area contributed by atoms with Gasteiger partial charge in [-0.1, -0.05) is 13.8 Å². The summed E-state index contributed by atoms with van der Waals surface area (Å²) in [7, 11) is 0. The molecule has 0 aliphatic rings. The van der Waals surface area contributed by atoms with Crippen LogP contribution in [0, 0.1) is 11.3 Å². The fourth-order valence-corrected chi connectivity index (χ4v) is 1.82. The molecule has 0 unspecified atom stereocenters. The van der Waals surface area contributed by atoms with Crippen molar-refractivity contribution >= 4 is 0 Å². The number of ether oxygens (including phenoxy) is 1. The van der Waals surface area contributed by atoms with Gasteiger partial charge in [-0.15, -0.1) is 0 Å². The van der Waals surface area contributed by atoms with E-state index in [0.29, 0.717) is 12.5 Å². The van der Waals surface area contributed by atoms with Gasteiger partial charge in [-0.25, -0.2) is 0 Å². The predicted octanol–water partition coefficient (Wildman–Crippen LogP) is 1.82. The van der Waals surface area contributed by atoms with Gasteiger partial charge in [0, 0.05) is 12.0 Å². The van der Waals surface area contributed by atoms with Crippen LogP contribution in [0.4, 0.5) is 0 Å². The van der Waals surface area contributed by atoms with Crippen LogP contribution in [0.15, 0.2) is 0 Å². The Labute approximate surface area is 93.5 Å². The Morgan fingerprint density at radius 3 is 1.93 bits per heavy atom. The summed E-state index contributed by atoms with van der Waals surface area (Å²) in [6.07, 6.45) is 1.76. The van der Waals surface area contributed by atoms with E-state index in [1.54, 1.807) is 0 Å². The van der Waals surface area contributed by atoms with E-state index >= 15 is 0 Å². The Kier molecular flexibility index (Phi) is 7.14. The third kappa shape index (κ3) is 6.13. The molecule has 92 valence electrons. The second-order valence-corrected chi connectivity index (χ2v) is 5.08. The summed E-state index contributed by atoms with van der Waals surface area (Å²) < 4.78 is 5.46. The molecule has 0 heterocycles. The highest BCUT2D eigenvalue weighted by atomic mass is 16.5. The third-order valence-corrected chi connectivity index (χ3v) is 2.60. The van der Waals surface area contributed by atoms with Crippen molar-refractivity contribution in [2.45, 2.75) is 46.6 Å². The first-order chi connectivity index (χ1) is 6.95. The highest BCUT2D eigenvalue weighted by Gasteiger charge is 2.29. The van der Waals surface area contributed by atoms with Gasteiger partial charge in [-0.05, 0) is 32.6 Å². The normalized spacial score (nSPS) is 12.8. The van der Waals surface area contributed by atoms with Crippen molar-refractivity contribution in [2.75, 3.05) is 19.8 Å². The van der Waals surface area contributed by atoms with E-state index in [4.69, 9.17) is 4.74 Å². The molecule has 0 radical (unpaired) electrons. The van der Waals surface area contributed by atoms with Gasteiger partial charge in [0.15, 0.2) is 0 Å². The first-order valence-electron chi connectivity index (χ1n) is 5.79. The molecule has 0 rings (SSSR count).